The van der Waals surface area contributed by atoms with Crippen LogP contribution in [0, 0.1) is 6.92 Å². The van der Waals surface area contributed by atoms with Gasteiger partial charge in [-0.1, -0.05) is 41.2 Å². The van der Waals surface area contributed by atoms with Crippen LogP contribution in [0.1, 0.15) is 11.3 Å². The van der Waals surface area contributed by atoms with Gasteiger partial charge in [0.05, 0.1) is 4.90 Å². The fraction of sp³-hybridized carbons (Fsp3) is 0.150. The van der Waals surface area contributed by atoms with Crippen molar-refractivity contribution >= 4 is 21.2 Å². The summed E-state index contributed by atoms with van der Waals surface area (Å²) in [5.74, 6) is -0.0321. The summed E-state index contributed by atoms with van der Waals surface area (Å²) in [6.45, 7) is 1.94. The van der Waals surface area contributed by atoms with E-state index in [1.807, 2.05) is 31.2 Å². The number of sulfone groups is 1. The number of alkyl halides is 3. The first-order valence-corrected chi connectivity index (χ1v) is 11.6. The third kappa shape index (κ3) is 4.37. The topological polar surface area (TPSA) is 77.7 Å². The Bertz CT molecular complexity index is 1340. The van der Waals surface area contributed by atoms with E-state index in [4.69, 9.17) is 0 Å². The third-order valence-electron chi connectivity index (χ3n) is 4.45. The van der Waals surface area contributed by atoms with Gasteiger partial charge in [-0.3, -0.25) is 4.57 Å². The van der Waals surface area contributed by atoms with Crippen LogP contribution >= 0.6 is 11.3 Å². The van der Waals surface area contributed by atoms with E-state index in [1.54, 1.807) is 0 Å². The number of benzene rings is 2. The zero-order valence-electron chi connectivity index (χ0n) is 16.3. The zero-order valence-corrected chi connectivity index (χ0v) is 17.9. The Morgan fingerprint density at radius 3 is 2.13 bits per heavy atom. The Balaban J connectivity index is 1.81. The molecule has 0 radical (unpaired) electrons. The highest BCUT2D eigenvalue weighted by atomic mass is 32.2. The molecule has 2 heterocycles. The minimum Gasteiger partial charge on any atom is -0.297 e. The Morgan fingerprint density at radius 2 is 1.55 bits per heavy atom. The Labute approximate surface area is 180 Å². The first kappa shape index (κ1) is 21.2. The van der Waals surface area contributed by atoms with Crippen LogP contribution in [-0.4, -0.2) is 34.4 Å². The lowest BCUT2D eigenvalue weighted by Crippen LogP contribution is -2.05. The van der Waals surface area contributed by atoms with Gasteiger partial charge in [0.25, 0.3) is 0 Å². The molecule has 0 bridgehead atoms. The van der Waals surface area contributed by atoms with Crippen LogP contribution in [0.4, 0.5) is 13.2 Å². The second kappa shape index (κ2) is 7.57. The lowest BCUT2D eigenvalue weighted by molar-refractivity contribution is -0.140. The first-order valence-electron chi connectivity index (χ1n) is 8.90. The number of halogens is 3. The summed E-state index contributed by atoms with van der Waals surface area (Å²) < 4.78 is 64.6. The van der Waals surface area contributed by atoms with Crippen molar-refractivity contribution in [2.24, 2.45) is 0 Å². The molecule has 6 nitrogen and oxygen atoms in total. The lowest BCUT2D eigenvalue weighted by atomic mass is 10.2. The molecular weight excluding hydrogens is 449 g/mol. The van der Waals surface area contributed by atoms with Gasteiger partial charge in [0, 0.05) is 23.7 Å². The van der Waals surface area contributed by atoms with E-state index in [-0.39, 0.29) is 15.7 Å². The summed E-state index contributed by atoms with van der Waals surface area (Å²) in [5, 5.41) is 8.90. The number of hydrogen-bond donors (Lipinski definition) is 0. The molecule has 4 rings (SSSR count). The maximum atomic E-state index is 13.4. The molecule has 0 N–H and O–H groups in total. The van der Waals surface area contributed by atoms with Crippen LogP contribution in [0.5, 0.6) is 0 Å². The molecule has 4 aromatic rings. The van der Waals surface area contributed by atoms with E-state index < -0.39 is 21.7 Å². The normalized spacial score (nSPS) is 12.3. The minimum atomic E-state index is -4.66. The summed E-state index contributed by atoms with van der Waals surface area (Å²) in [6, 6.07) is 13.0. The van der Waals surface area contributed by atoms with Crippen molar-refractivity contribution in [3.8, 4) is 27.1 Å². The maximum Gasteiger partial charge on any atom is 0.434 e. The van der Waals surface area contributed by atoms with Gasteiger partial charge >= 0.3 is 6.18 Å². The zero-order chi connectivity index (χ0) is 22.4. The highest BCUT2D eigenvalue weighted by molar-refractivity contribution is 7.90. The average molecular weight is 464 g/mol. The van der Waals surface area contributed by atoms with Crippen molar-refractivity contribution in [2.75, 3.05) is 6.26 Å². The van der Waals surface area contributed by atoms with E-state index in [2.05, 4.69) is 15.2 Å². The Kier molecular flexibility index (Phi) is 5.18. The Hall–Kier alpha value is -3.05. The monoisotopic (exact) mass is 464 g/mol. The van der Waals surface area contributed by atoms with E-state index in [0.717, 1.165) is 34.9 Å². The molecule has 0 spiro atoms. The number of rotatable bonds is 4. The summed E-state index contributed by atoms with van der Waals surface area (Å²) in [7, 11) is -3.44. The second-order valence-corrected chi connectivity index (χ2v) is 9.86. The van der Waals surface area contributed by atoms with Gasteiger partial charge in [0.2, 0.25) is 0 Å². The van der Waals surface area contributed by atoms with Crippen molar-refractivity contribution in [3.05, 3.63) is 66.0 Å². The molecule has 160 valence electrons. The maximum absolute atomic E-state index is 13.4. The second-order valence-electron chi connectivity index (χ2n) is 6.86. The molecule has 0 saturated heterocycles. The number of imidazole rings is 1. The fourth-order valence-electron chi connectivity index (χ4n) is 2.84. The lowest BCUT2D eigenvalue weighted by Gasteiger charge is -2.06. The molecule has 2 aromatic carbocycles. The highest BCUT2D eigenvalue weighted by Gasteiger charge is 2.35. The minimum absolute atomic E-state index is 0.0321. The van der Waals surface area contributed by atoms with Gasteiger partial charge in [-0.15, -0.1) is 10.2 Å². The third-order valence-corrected chi connectivity index (χ3v) is 6.55. The molecular formula is C20H15F3N4O2S2. The van der Waals surface area contributed by atoms with Crippen molar-refractivity contribution in [1.29, 1.82) is 0 Å². The van der Waals surface area contributed by atoms with Crippen LogP contribution < -0.4 is 0 Å². The largest absolute Gasteiger partial charge is 0.434 e. The van der Waals surface area contributed by atoms with Gasteiger partial charge in [-0.05, 0) is 31.2 Å². The summed E-state index contributed by atoms with van der Waals surface area (Å²) in [6.07, 6.45) is -2.74. The molecule has 31 heavy (non-hydrogen) atoms. The van der Waals surface area contributed by atoms with Crippen LogP contribution in [0.2, 0.25) is 0 Å². The van der Waals surface area contributed by atoms with Crippen molar-refractivity contribution in [2.45, 2.75) is 18.0 Å². The molecule has 0 fully saturated rings. The highest BCUT2D eigenvalue weighted by Crippen LogP contribution is 2.35. The quantitative estimate of drug-likeness (QED) is 0.434. The number of aryl methyl sites for hydroxylation is 1. The summed E-state index contributed by atoms with van der Waals surface area (Å²) in [4.78, 5) is 3.81. The van der Waals surface area contributed by atoms with Crippen LogP contribution in [0.15, 0.2) is 59.6 Å². The van der Waals surface area contributed by atoms with Gasteiger partial charge in [0.15, 0.2) is 26.4 Å². The first-order chi connectivity index (χ1) is 14.5. The predicted molar refractivity (Wildman–Crippen MR) is 111 cm³/mol. The number of hydrogen-bond acceptors (Lipinski definition) is 6. The molecule has 11 heteroatoms. The fourth-order valence-corrected chi connectivity index (χ4v) is 4.31. The van der Waals surface area contributed by atoms with Gasteiger partial charge in [-0.2, -0.15) is 13.2 Å². The van der Waals surface area contributed by atoms with E-state index in [9.17, 15) is 21.6 Å². The van der Waals surface area contributed by atoms with Crippen molar-refractivity contribution < 1.29 is 21.6 Å². The SMILES string of the molecule is Cc1ccc(-c2nnc(-c3nc(C(F)(F)F)cn3-c3ccc(S(C)(=O)=O)cc3)s2)cc1. The molecule has 0 unspecified atom stereocenters. The Morgan fingerprint density at radius 1 is 0.935 bits per heavy atom. The van der Waals surface area contributed by atoms with Crippen LogP contribution in [-0.2, 0) is 16.0 Å². The molecule has 2 aromatic heterocycles. The van der Waals surface area contributed by atoms with Crippen molar-refractivity contribution in [3.63, 3.8) is 0 Å². The smallest absolute Gasteiger partial charge is 0.297 e. The van der Waals surface area contributed by atoms with Gasteiger partial charge in [-0.25, -0.2) is 13.4 Å². The summed E-state index contributed by atoms with van der Waals surface area (Å²) >= 11 is 1.12. The van der Waals surface area contributed by atoms with Crippen molar-refractivity contribution in [1.82, 2.24) is 19.7 Å². The molecule has 0 aliphatic carbocycles. The average Bonchev–Trinajstić information content (AvgIpc) is 3.35. The standard InChI is InChI=1S/C20H15F3N4O2S2/c1-12-3-5-13(6-4-12)18-25-26-19(30-18)17-24-16(20(21,22)23)11-27(17)14-7-9-15(10-8-14)31(2,28)29/h3-11H,1-2H3. The molecule has 0 aliphatic heterocycles. The molecule has 0 aliphatic rings. The number of aromatic nitrogens is 4. The summed E-state index contributed by atoms with van der Waals surface area (Å²) in [5.41, 5.74) is 1.09. The van der Waals surface area contributed by atoms with Crippen LogP contribution in [0.25, 0.3) is 27.1 Å². The molecule has 0 atom stereocenters. The van der Waals surface area contributed by atoms with Crippen LogP contribution in [0.3, 0.4) is 0 Å². The van der Waals surface area contributed by atoms with E-state index >= 15 is 0 Å². The number of nitrogens with zero attached hydrogens (tertiary/aromatic N) is 4. The predicted octanol–water partition coefficient (Wildman–Crippen LogP) is 4.79. The van der Waals surface area contributed by atoms with E-state index in [1.165, 1.54) is 28.8 Å². The molecule has 0 saturated carbocycles. The van der Waals surface area contributed by atoms with Gasteiger partial charge < -0.3 is 0 Å². The van der Waals surface area contributed by atoms with Gasteiger partial charge in [0.1, 0.15) is 5.01 Å². The molecule has 0 amide bonds. The van der Waals surface area contributed by atoms with E-state index in [0.29, 0.717) is 10.7 Å².